The number of rotatable bonds is 4. The number of ether oxygens (including phenoxy) is 1. The van der Waals surface area contributed by atoms with E-state index in [0.29, 0.717) is 12.2 Å². The maximum atomic E-state index is 11.3. The maximum absolute atomic E-state index is 11.3. The van der Waals surface area contributed by atoms with Crippen LogP contribution in [0.5, 0.6) is 0 Å². The molecule has 0 radical (unpaired) electrons. The number of nitrogens with one attached hydrogen (secondary N) is 3. The van der Waals surface area contributed by atoms with Crippen LogP contribution < -0.4 is 11.0 Å². The Morgan fingerprint density at radius 1 is 1.35 bits per heavy atom. The van der Waals surface area contributed by atoms with Gasteiger partial charge in [0.05, 0.1) is 23.2 Å². The summed E-state index contributed by atoms with van der Waals surface area (Å²) in [5.74, 6) is 0. The van der Waals surface area contributed by atoms with Gasteiger partial charge in [-0.2, -0.15) is 0 Å². The normalized spacial score (nSPS) is 24.3. The highest BCUT2D eigenvalue weighted by Gasteiger charge is 2.22. The van der Waals surface area contributed by atoms with E-state index >= 15 is 0 Å². The SMILES string of the molecule is CC1CCC(CNC(C)c2ccc3[nH]c(=O)[nH]c3c2)O1. The molecule has 0 saturated carbocycles. The van der Waals surface area contributed by atoms with Crippen molar-refractivity contribution in [3.05, 3.63) is 34.2 Å². The summed E-state index contributed by atoms with van der Waals surface area (Å²) in [5, 5.41) is 3.51. The highest BCUT2D eigenvalue weighted by Crippen LogP contribution is 2.20. The summed E-state index contributed by atoms with van der Waals surface area (Å²) in [6.45, 7) is 5.12. The summed E-state index contributed by atoms with van der Waals surface area (Å²) in [4.78, 5) is 16.8. The molecule has 2 heterocycles. The molecule has 1 aromatic carbocycles. The molecule has 3 N–H and O–H groups in total. The van der Waals surface area contributed by atoms with Gasteiger partial charge in [-0.15, -0.1) is 0 Å². The second-order valence-electron chi connectivity index (χ2n) is 5.66. The fourth-order valence-electron chi connectivity index (χ4n) is 2.78. The first-order valence-electron chi connectivity index (χ1n) is 7.22. The van der Waals surface area contributed by atoms with Gasteiger partial charge in [-0.05, 0) is 44.4 Å². The Hall–Kier alpha value is -1.59. The van der Waals surface area contributed by atoms with E-state index in [4.69, 9.17) is 4.74 Å². The zero-order chi connectivity index (χ0) is 14.1. The number of imidazole rings is 1. The molecule has 0 bridgehead atoms. The Labute approximate surface area is 117 Å². The Balaban J connectivity index is 1.65. The molecular formula is C15H21N3O2. The number of H-pyrrole nitrogens is 2. The third kappa shape index (κ3) is 2.78. The van der Waals surface area contributed by atoms with Crippen LogP contribution in [0.25, 0.3) is 11.0 Å². The van der Waals surface area contributed by atoms with Crippen molar-refractivity contribution in [1.82, 2.24) is 15.3 Å². The van der Waals surface area contributed by atoms with Crippen LogP contribution in [0.2, 0.25) is 0 Å². The number of fused-ring (bicyclic) bond motifs is 1. The van der Waals surface area contributed by atoms with E-state index < -0.39 is 0 Å². The van der Waals surface area contributed by atoms with Crippen molar-refractivity contribution < 1.29 is 4.74 Å². The van der Waals surface area contributed by atoms with E-state index in [1.165, 1.54) is 5.56 Å². The van der Waals surface area contributed by atoms with Gasteiger partial charge in [0.15, 0.2) is 0 Å². The van der Waals surface area contributed by atoms with E-state index in [2.05, 4.69) is 29.1 Å². The molecule has 2 aromatic rings. The van der Waals surface area contributed by atoms with Gasteiger partial charge in [-0.25, -0.2) is 4.79 Å². The summed E-state index contributed by atoms with van der Waals surface area (Å²) < 4.78 is 5.81. The summed E-state index contributed by atoms with van der Waals surface area (Å²) >= 11 is 0. The Morgan fingerprint density at radius 2 is 2.15 bits per heavy atom. The van der Waals surface area contributed by atoms with E-state index in [0.717, 1.165) is 30.4 Å². The Kier molecular flexibility index (Phi) is 3.63. The quantitative estimate of drug-likeness (QED) is 0.800. The molecule has 0 spiro atoms. The average molecular weight is 275 g/mol. The van der Waals surface area contributed by atoms with Crippen LogP contribution >= 0.6 is 0 Å². The zero-order valence-corrected chi connectivity index (χ0v) is 11.9. The van der Waals surface area contributed by atoms with Crippen LogP contribution in [0.1, 0.15) is 38.3 Å². The van der Waals surface area contributed by atoms with Gasteiger partial charge in [0.1, 0.15) is 0 Å². The molecule has 3 unspecified atom stereocenters. The number of benzene rings is 1. The minimum Gasteiger partial charge on any atom is -0.374 e. The fraction of sp³-hybridized carbons (Fsp3) is 0.533. The van der Waals surface area contributed by atoms with E-state index in [1.807, 2.05) is 18.2 Å². The van der Waals surface area contributed by atoms with Crippen LogP contribution in [0, 0.1) is 0 Å². The molecule has 0 amide bonds. The first-order valence-corrected chi connectivity index (χ1v) is 7.22. The lowest BCUT2D eigenvalue weighted by Crippen LogP contribution is -2.29. The van der Waals surface area contributed by atoms with Crippen molar-refractivity contribution in [3.63, 3.8) is 0 Å². The van der Waals surface area contributed by atoms with Gasteiger partial charge >= 0.3 is 5.69 Å². The molecular weight excluding hydrogens is 254 g/mol. The largest absolute Gasteiger partial charge is 0.374 e. The monoisotopic (exact) mass is 275 g/mol. The highest BCUT2D eigenvalue weighted by atomic mass is 16.5. The number of aromatic amines is 2. The number of hydrogen-bond acceptors (Lipinski definition) is 3. The molecule has 20 heavy (non-hydrogen) atoms. The predicted molar refractivity (Wildman–Crippen MR) is 78.9 cm³/mol. The first kappa shape index (κ1) is 13.4. The topological polar surface area (TPSA) is 69.9 Å². The van der Waals surface area contributed by atoms with Crippen molar-refractivity contribution in [2.45, 2.75) is 44.9 Å². The van der Waals surface area contributed by atoms with Crippen LogP contribution in [0.4, 0.5) is 0 Å². The second-order valence-corrected chi connectivity index (χ2v) is 5.66. The fourth-order valence-corrected chi connectivity index (χ4v) is 2.78. The Bertz CT molecular complexity index is 646. The summed E-state index contributed by atoms with van der Waals surface area (Å²) in [7, 11) is 0. The molecule has 1 aliphatic rings. The van der Waals surface area contributed by atoms with Gasteiger partial charge in [-0.1, -0.05) is 6.07 Å². The van der Waals surface area contributed by atoms with Crippen molar-refractivity contribution in [1.29, 1.82) is 0 Å². The lowest BCUT2D eigenvalue weighted by molar-refractivity contribution is 0.0546. The lowest BCUT2D eigenvalue weighted by atomic mass is 10.1. The minimum atomic E-state index is -0.161. The number of aromatic nitrogens is 2. The van der Waals surface area contributed by atoms with Gasteiger partial charge in [-0.3, -0.25) is 0 Å². The molecule has 0 aliphatic carbocycles. The van der Waals surface area contributed by atoms with E-state index in [1.54, 1.807) is 0 Å². The smallest absolute Gasteiger partial charge is 0.323 e. The third-order valence-electron chi connectivity index (χ3n) is 4.01. The van der Waals surface area contributed by atoms with Crippen molar-refractivity contribution in [2.75, 3.05) is 6.54 Å². The van der Waals surface area contributed by atoms with Crippen molar-refractivity contribution >= 4 is 11.0 Å². The number of hydrogen-bond donors (Lipinski definition) is 3. The molecule has 5 heteroatoms. The maximum Gasteiger partial charge on any atom is 0.323 e. The summed E-state index contributed by atoms with van der Waals surface area (Å²) in [6, 6.07) is 6.23. The third-order valence-corrected chi connectivity index (χ3v) is 4.01. The van der Waals surface area contributed by atoms with Crippen LogP contribution in [0.3, 0.4) is 0 Å². The molecule has 108 valence electrons. The zero-order valence-electron chi connectivity index (χ0n) is 11.9. The summed E-state index contributed by atoms with van der Waals surface area (Å²) in [5.41, 5.74) is 2.70. The lowest BCUT2D eigenvalue weighted by Gasteiger charge is -2.18. The van der Waals surface area contributed by atoms with Gasteiger partial charge in [0.2, 0.25) is 0 Å². The molecule has 1 aromatic heterocycles. The molecule has 1 fully saturated rings. The minimum absolute atomic E-state index is 0.161. The van der Waals surface area contributed by atoms with Gasteiger partial charge in [0.25, 0.3) is 0 Å². The standard InChI is InChI=1S/C15H21N3O2/c1-9-3-5-12(20-9)8-16-10(2)11-4-6-13-14(7-11)18-15(19)17-13/h4,6-7,9-10,12,16H,3,5,8H2,1-2H3,(H2,17,18,19). The van der Waals surface area contributed by atoms with Crippen molar-refractivity contribution in [3.8, 4) is 0 Å². The average Bonchev–Trinajstić information content (AvgIpc) is 2.99. The molecule has 3 rings (SSSR count). The highest BCUT2D eigenvalue weighted by molar-refractivity contribution is 5.75. The van der Waals surface area contributed by atoms with Crippen LogP contribution in [-0.4, -0.2) is 28.7 Å². The Morgan fingerprint density at radius 3 is 2.90 bits per heavy atom. The van der Waals surface area contributed by atoms with Gasteiger partial charge in [0, 0.05) is 12.6 Å². The molecule has 5 nitrogen and oxygen atoms in total. The molecule has 1 saturated heterocycles. The van der Waals surface area contributed by atoms with E-state index in [9.17, 15) is 4.79 Å². The molecule has 1 aliphatic heterocycles. The van der Waals surface area contributed by atoms with Crippen molar-refractivity contribution in [2.24, 2.45) is 0 Å². The molecule has 3 atom stereocenters. The van der Waals surface area contributed by atoms with Gasteiger partial charge < -0.3 is 20.0 Å². The first-order chi connectivity index (χ1) is 9.61. The summed E-state index contributed by atoms with van der Waals surface area (Å²) in [6.07, 6.45) is 2.99. The van der Waals surface area contributed by atoms with E-state index in [-0.39, 0.29) is 11.7 Å². The second kappa shape index (κ2) is 5.42. The predicted octanol–water partition coefficient (Wildman–Crippen LogP) is 2.07. The van der Waals surface area contributed by atoms with Crippen LogP contribution in [-0.2, 0) is 4.74 Å². The van der Waals surface area contributed by atoms with Crippen LogP contribution in [0.15, 0.2) is 23.0 Å².